The number of terminal acetylenes is 1. The average molecular weight is 240 g/mol. The summed E-state index contributed by atoms with van der Waals surface area (Å²) < 4.78 is 0. The van der Waals surface area contributed by atoms with Crippen molar-refractivity contribution in [1.82, 2.24) is 0 Å². The fourth-order valence-corrected chi connectivity index (χ4v) is 1.53. The summed E-state index contributed by atoms with van der Waals surface area (Å²) in [5, 5.41) is 0.980. The third kappa shape index (κ3) is 1.65. The molecule has 0 fully saturated rings. The third-order valence-electron chi connectivity index (χ3n) is 1.26. The van der Waals surface area contributed by atoms with Crippen LogP contribution in [0.4, 0.5) is 0 Å². The van der Waals surface area contributed by atoms with Crippen LogP contribution in [0.15, 0.2) is 6.07 Å². The van der Waals surface area contributed by atoms with Crippen LogP contribution in [0.25, 0.3) is 0 Å². The molecule has 0 N–H and O–H groups in total. The molecule has 0 radical (unpaired) electrons. The lowest BCUT2D eigenvalue weighted by molar-refractivity contribution is 1.64. The lowest BCUT2D eigenvalue weighted by atomic mass is 10.2. The van der Waals surface area contributed by atoms with Gasteiger partial charge in [-0.2, -0.15) is 0 Å². The standard InChI is InChI=1S/C8H2Cl4/c1-2-4-3-5(9)7(11)8(12)6(4)10/h1,3H. The Balaban J connectivity index is 3.52. The van der Waals surface area contributed by atoms with E-state index in [-0.39, 0.29) is 15.1 Å². The minimum absolute atomic E-state index is 0.193. The van der Waals surface area contributed by atoms with Crippen LogP contribution in [0.1, 0.15) is 5.56 Å². The van der Waals surface area contributed by atoms with Gasteiger partial charge in [0, 0.05) is 5.56 Å². The predicted octanol–water partition coefficient (Wildman–Crippen LogP) is 4.28. The highest BCUT2D eigenvalue weighted by Gasteiger charge is 2.11. The van der Waals surface area contributed by atoms with E-state index in [0.717, 1.165) is 0 Å². The van der Waals surface area contributed by atoms with E-state index in [2.05, 4.69) is 5.92 Å². The molecule has 1 aromatic rings. The first-order valence-electron chi connectivity index (χ1n) is 2.87. The van der Waals surface area contributed by atoms with Gasteiger partial charge in [0.2, 0.25) is 0 Å². The largest absolute Gasteiger partial charge is 0.115 e. The Morgan fingerprint density at radius 3 is 2.08 bits per heavy atom. The van der Waals surface area contributed by atoms with Gasteiger partial charge in [0.1, 0.15) is 0 Å². The van der Waals surface area contributed by atoms with Gasteiger partial charge in [-0.25, -0.2) is 0 Å². The first kappa shape index (κ1) is 10.0. The van der Waals surface area contributed by atoms with Crippen molar-refractivity contribution in [3.63, 3.8) is 0 Å². The maximum atomic E-state index is 5.75. The molecule has 0 nitrogen and oxygen atoms in total. The van der Waals surface area contributed by atoms with Crippen LogP contribution in [0, 0.1) is 12.3 Å². The van der Waals surface area contributed by atoms with Crippen LogP contribution < -0.4 is 0 Å². The van der Waals surface area contributed by atoms with Crippen molar-refractivity contribution in [2.75, 3.05) is 0 Å². The molecule has 1 aromatic carbocycles. The van der Waals surface area contributed by atoms with Crippen LogP contribution >= 0.6 is 46.4 Å². The highest BCUT2D eigenvalue weighted by molar-refractivity contribution is 6.52. The molecule has 0 aliphatic heterocycles. The summed E-state index contributed by atoms with van der Waals surface area (Å²) in [5.74, 6) is 2.34. The van der Waals surface area contributed by atoms with Gasteiger partial charge in [0.05, 0.1) is 20.1 Å². The highest BCUT2D eigenvalue weighted by Crippen LogP contribution is 2.37. The zero-order chi connectivity index (χ0) is 9.30. The van der Waals surface area contributed by atoms with Crippen LogP contribution in [0.5, 0.6) is 0 Å². The monoisotopic (exact) mass is 238 g/mol. The van der Waals surface area contributed by atoms with Gasteiger partial charge in [-0.05, 0) is 6.07 Å². The summed E-state index contributed by atoms with van der Waals surface area (Å²) >= 11 is 22.9. The van der Waals surface area contributed by atoms with Crippen LogP contribution in [-0.2, 0) is 0 Å². The molecule has 0 unspecified atom stereocenters. The SMILES string of the molecule is C#Cc1cc(Cl)c(Cl)c(Cl)c1Cl. The summed E-state index contributed by atoms with van der Waals surface area (Å²) in [7, 11) is 0. The minimum atomic E-state index is 0.193. The predicted molar refractivity (Wildman–Crippen MR) is 54.4 cm³/mol. The van der Waals surface area contributed by atoms with Crippen molar-refractivity contribution in [3.8, 4) is 12.3 Å². The molecular formula is C8H2Cl4. The van der Waals surface area contributed by atoms with Crippen molar-refractivity contribution in [2.45, 2.75) is 0 Å². The van der Waals surface area contributed by atoms with Crippen LogP contribution in [-0.4, -0.2) is 0 Å². The van der Waals surface area contributed by atoms with Gasteiger partial charge in [-0.15, -0.1) is 6.42 Å². The van der Waals surface area contributed by atoms with Gasteiger partial charge in [0.15, 0.2) is 0 Å². The van der Waals surface area contributed by atoms with Gasteiger partial charge >= 0.3 is 0 Å². The van der Waals surface area contributed by atoms with Crippen molar-refractivity contribution in [1.29, 1.82) is 0 Å². The molecule has 12 heavy (non-hydrogen) atoms. The molecular weight excluding hydrogens is 238 g/mol. The second kappa shape index (κ2) is 3.77. The molecule has 0 saturated heterocycles. The third-order valence-corrected chi connectivity index (χ3v) is 3.01. The van der Waals surface area contributed by atoms with Crippen molar-refractivity contribution in [2.24, 2.45) is 0 Å². The molecule has 0 atom stereocenters. The van der Waals surface area contributed by atoms with E-state index in [0.29, 0.717) is 10.6 Å². The fourth-order valence-electron chi connectivity index (χ4n) is 0.678. The summed E-state index contributed by atoms with van der Waals surface area (Å²) in [4.78, 5) is 0. The first-order chi connectivity index (χ1) is 5.57. The molecule has 0 spiro atoms. The molecule has 62 valence electrons. The van der Waals surface area contributed by atoms with Crippen molar-refractivity contribution < 1.29 is 0 Å². The van der Waals surface area contributed by atoms with Gasteiger partial charge in [-0.1, -0.05) is 52.3 Å². The molecule has 0 bridgehead atoms. The second-order valence-corrected chi connectivity index (χ2v) is 3.53. The zero-order valence-corrected chi connectivity index (χ0v) is 8.69. The van der Waals surface area contributed by atoms with Crippen molar-refractivity contribution in [3.05, 3.63) is 31.7 Å². The summed E-state index contributed by atoms with van der Waals surface area (Å²) in [5.41, 5.74) is 0.441. The lowest BCUT2D eigenvalue weighted by Crippen LogP contribution is -1.81. The Bertz CT molecular complexity index is 362. The first-order valence-corrected chi connectivity index (χ1v) is 4.38. The topological polar surface area (TPSA) is 0 Å². The van der Waals surface area contributed by atoms with E-state index in [1.54, 1.807) is 0 Å². The average Bonchev–Trinajstić information content (AvgIpc) is 2.08. The Morgan fingerprint density at radius 1 is 1.00 bits per heavy atom. The van der Waals surface area contributed by atoms with E-state index >= 15 is 0 Å². The Morgan fingerprint density at radius 2 is 1.58 bits per heavy atom. The maximum absolute atomic E-state index is 5.75. The highest BCUT2D eigenvalue weighted by atomic mass is 35.5. The van der Waals surface area contributed by atoms with E-state index in [4.69, 9.17) is 52.8 Å². The van der Waals surface area contributed by atoms with E-state index in [9.17, 15) is 0 Å². The Kier molecular flexibility index (Phi) is 3.15. The van der Waals surface area contributed by atoms with Crippen LogP contribution in [0.3, 0.4) is 0 Å². The fraction of sp³-hybridized carbons (Fsp3) is 0. The number of rotatable bonds is 0. The lowest BCUT2D eigenvalue weighted by Gasteiger charge is -2.03. The minimum Gasteiger partial charge on any atom is -0.115 e. The number of halogens is 4. The van der Waals surface area contributed by atoms with Gasteiger partial charge in [-0.3, -0.25) is 0 Å². The van der Waals surface area contributed by atoms with E-state index in [1.807, 2.05) is 0 Å². The molecule has 0 saturated carbocycles. The smallest absolute Gasteiger partial charge is 0.0806 e. The number of hydrogen-bond acceptors (Lipinski definition) is 0. The maximum Gasteiger partial charge on any atom is 0.0806 e. The molecule has 0 aliphatic rings. The summed E-state index contributed by atoms with van der Waals surface area (Å²) in [6.45, 7) is 0. The molecule has 0 heterocycles. The van der Waals surface area contributed by atoms with E-state index in [1.165, 1.54) is 6.07 Å². The number of hydrogen-bond donors (Lipinski definition) is 0. The second-order valence-electron chi connectivity index (χ2n) is 1.99. The summed E-state index contributed by atoms with van der Waals surface area (Å²) in [6.07, 6.45) is 5.14. The molecule has 0 amide bonds. The Hall–Kier alpha value is -0.0600. The molecule has 1 rings (SSSR count). The van der Waals surface area contributed by atoms with Gasteiger partial charge in [0.25, 0.3) is 0 Å². The molecule has 4 heteroatoms. The van der Waals surface area contributed by atoms with Crippen molar-refractivity contribution >= 4 is 46.4 Å². The molecule has 0 aliphatic carbocycles. The van der Waals surface area contributed by atoms with E-state index < -0.39 is 0 Å². The quantitative estimate of drug-likeness (QED) is 0.360. The normalized spacial score (nSPS) is 9.58. The van der Waals surface area contributed by atoms with Crippen LogP contribution in [0.2, 0.25) is 20.1 Å². The Labute approximate surface area is 90.4 Å². The van der Waals surface area contributed by atoms with Gasteiger partial charge < -0.3 is 0 Å². The zero-order valence-electron chi connectivity index (χ0n) is 5.67. The molecule has 0 aromatic heterocycles. The number of benzene rings is 1. The summed E-state index contributed by atoms with van der Waals surface area (Å²) in [6, 6.07) is 1.50.